The lowest BCUT2D eigenvalue weighted by molar-refractivity contribution is 0.0365. The molecule has 0 atom stereocenters. The van der Waals surface area contributed by atoms with E-state index in [0.29, 0.717) is 11.9 Å². The van der Waals surface area contributed by atoms with Crippen LogP contribution in [0.1, 0.15) is 22.8 Å². The van der Waals surface area contributed by atoms with E-state index < -0.39 is 5.97 Å². The molecule has 2 aromatic rings. The van der Waals surface area contributed by atoms with Gasteiger partial charge in [0.15, 0.2) is 0 Å². The Labute approximate surface area is 146 Å². The zero-order valence-corrected chi connectivity index (χ0v) is 14.8. The number of aryl methyl sites for hydroxylation is 1. The summed E-state index contributed by atoms with van der Waals surface area (Å²) in [4.78, 5) is 27.2. The van der Waals surface area contributed by atoms with Gasteiger partial charge in [0.1, 0.15) is 5.56 Å². The number of benzene rings is 1. The zero-order chi connectivity index (χ0) is 17.8. The van der Waals surface area contributed by atoms with Crippen LogP contribution in [-0.4, -0.2) is 54.9 Å². The smallest absolute Gasteiger partial charge is 0.343 e. The van der Waals surface area contributed by atoms with Crippen molar-refractivity contribution in [1.82, 2.24) is 9.47 Å². The highest BCUT2D eigenvalue weighted by Crippen LogP contribution is 2.15. The van der Waals surface area contributed by atoms with Crippen LogP contribution in [0, 0.1) is 6.92 Å². The molecule has 0 spiro atoms. The van der Waals surface area contributed by atoms with E-state index in [0.717, 1.165) is 43.9 Å². The summed E-state index contributed by atoms with van der Waals surface area (Å²) in [6.07, 6.45) is 1.64. The van der Waals surface area contributed by atoms with E-state index >= 15 is 0 Å². The minimum absolute atomic E-state index is 0.0990. The Bertz CT molecular complexity index is 822. The van der Waals surface area contributed by atoms with Crippen LogP contribution in [0.4, 0.5) is 0 Å². The van der Waals surface area contributed by atoms with Gasteiger partial charge in [-0.3, -0.25) is 9.69 Å². The molecule has 1 fully saturated rings. The van der Waals surface area contributed by atoms with Gasteiger partial charge in [-0.05, 0) is 26.0 Å². The number of esters is 1. The van der Waals surface area contributed by atoms with Gasteiger partial charge in [0, 0.05) is 37.8 Å². The van der Waals surface area contributed by atoms with Crippen LogP contribution in [0.2, 0.25) is 0 Å². The molecule has 1 aliphatic rings. The predicted octanol–water partition coefficient (Wildman–Crippen LogP) is 1.82. The van der Waals surface area contributed by atoms with Crippen molar-refractivity contribution in [3.05, 3.63) is 45.7 Å². The van der Waals surface area contributed by atoms with E-state index in [1.165, 1.54) is 0 Å². The summed E-state index contributed by atoms with van der Waals surface area (Å²) in [6.45, 7) is 8.77. The second kappa shape index (κ2) is 7.80. The topological polar surface area (TPSA) is 60.8 Å². The number of hydrogen-bond acceptors (Lipinski definition) is 5. The van der Waals surface area contributed by atoms with Crippen molar-refractivity contribution in [2.75, 3.05) is 39.5 Å². The molecule has 0 aliphatic carbocycles. The number of nitrogens with zero attached hydrogens (tertiary/aromatic N) is 2. The van der Waals surface area contributed by atoms with Crippen LogP contribution in [0.5, 0.6) is 0 Å². The summed E-state index contributed by atoms with van der Waals surface area (Å²) >= 11 is 0. The quantitative estimate of drug-likeness (QED) is 0.775. The fraction of sp³-hybridized carbons (Fsp3) is 0.474. The lowest BCUT2D eigenvalue weighted by atomic mass is 10.1. The first-order valence-corrected chi connectivity index (χ1v) is 8.71. The van der Waals surface area contributed by atoms with Crippen LogP contribution in [0.15, 0.2) is 29.2 Å². The molecule has 1 aromatic heterocycles. The van der Waals surface area contributed by atoms with E-state index in [1.807, 2.05) is 29.7 Å². The average molecular weight is 344 g/mol. The molecule has 134 valence electrons. The molecule has 6 nitrogen and oxygen atoms in total. The number of aromatic nitrogens is 1. The zero-order valence-electron chi connectivity index (χ0n) is 14.8. The first kappa shape index (κ1) is 17.6. The summed E-state index contributed by atoms with van der Waals surface area (Å²) < 4.78 is 12.4. The molecule has 0 saturated carbocycles. The fourth-order valence-corrected chi connectivity index (χ4v) is 3.12. The highest BCUT2D eigenvalue weighted by Gasteiger charge is 2.17. The summed E-state index contributed by atoms with van der Waals surface area (Å²) in [5.74, 6) is -0.559. The third kappa shape index (κ3) is 3.91. The molecule has 0 bridgehead atoms. The Morgan fingerprint density at radius 3 is 2.72 bits per heavy atom. The van der Waals surface area contributed by atoms with Gasteiger partial charge in [-0.2, -0.15) is 0 Å². The normalized spacial score (nSPS) is 15.4. The highest BCUT2D eigenvalue weighted by molar-refractivity contribution is 5.93. The Morgan fingerprint density at radius 1 is 1.24 bits per heavy atom. The van der Waals surface area contributed by atoms with Crippen molar-refractivity contribution in [3.8, 4) is 0 Å². The molecule has 6 heteroatoms. The van der Waals surface area contributed by atoms with Gasteiger partial charge >= 0.3 is 5.97 Å². The lowest BCUT2D eigenvalue weighted by Crippen LogP contribution is -2.38. The summed E-state index contributed by atoms with van der Waals surface area (Å²) in [5, 5.41) is 0.563. The molecule has 1 saturated heterocycles. The standard InChI is InChI=1S/C19H24N2O4/c1-3-25-19(23)16-13-21(7-6-20-8-10-24-11-9-20)17-5-4-14(2)12-15(17)18(16)22/h4-5,12-13H,3,6-11H2,1-2H3. The number of carbonyl (C=O) groups is 1. The van der Waals surface area contributed by atoms with Gasteiger partial charge in [0.05, 0.1) is 25.3 Å². The second-order valence-electron chi connectivity index (χ2n) is 6.26. The highest BCUT2D eigenvalue weighted by atomic mass is 16.5. The van der Waals surface area contributed by atoms with Gasteiger partial charge in [0.2, 0.25) is 5.43 Å². The molecule has 1 aliphatic heterocycles. The monoisotopic (exact) mass is 344 g/mol. The van der Waals surface area contributed by atoms with E-state index in [9.17, 15) is 9.59 Å². The molecule has 3 rings (SSSR count). The third-order valence-corrected chi connectivity index (χ3v) is 4.49. The maximum absolute atomic E-state index is 12.7. The minimum atomic E-state index is -0.559. The first-order valence-electron chi connectivity index (χ1n) is 8.71. The van der Waals surface area contributed by atoms with Crippen molar-refractivity contribution in [2.24, 2.45) is 0 Å². The van der Waals surface area contributed by atoms with Gasteiger partial charge in [-0.15, -0.1) is 0 Å². The van der Waals surface area contributed by atoms with Crippen molar-refractivity contribution in [3.63, 3.8) is 0 Å². The van der Waals surface area contributed by atoms with E-state index in [4.69, 9.17) is 9.47 Å². The number of hydrogen-bond donors (Lipinski definition) is 0. The molecule has 0 amide bonds. The van der Waals surface area contributed by atoms with Crippen molar-refractivity contribution < 1.29 is 14.3 Å². The number of pyridine rings is 1. The number of fused-ring (bicyclic) bond motifs is 1. The fourth-order valence-electron chi connectivity index (χ4n) is 3.12. The Hall–Kier alpha value is -2.18. The van der Waals surface area contributed by atoms with E-state index in [2.05, 4.69) is 4.90 Å². The van der Waals surface area contributed by atoms with E-state index in [-0.39, 0.29) is 17.6 Å². The van der Waals surface area contributed by atoms with Gasteiger partial charge < -0.3 is 14.0 Å². The van der Waals surface area contributed by atoms with Crippen LogP contribution < -0.4 is 5.43 Å². The maximum Gasteiger partial charge on any atom is 0.343 e. The number of ether oxygens (including phenoxy) is 2. The molecule has 0 N–H and O–H groups in total. The Morgan fingerprint density at radius 2 is 2.00 bits per heavy atom. The van der Waals surface area contributed by atoms with Gasteiger partial charge in [-0.1, -0.05) is 11.6 Å². The van der Waals surface area contributed by atoms with Crippen LogP contribution in [0.3, 0.4) is 0 Å². The SMILES string of the molecule is CCOC(=O)c1cn(CCN2CCOCC2)c2ccc(C)cc2c1=O. The average Bonchev–Trinajstić information content (AvgIpc) is 2.62. The number of carbonyl (C=O) groups excluding carboxylic acids is 1. The van der Waals surface area contributed by atoms with Crippen molar-refractivity contribution in [1.29, 1.82) is 0 Å². The molecule has 2 heterocycles. The minimum Gasteiger partial charge on any atom is -0.462 e. The van der Waals surface area contributed by atoms with Gasteiger partial charge in [0.25, 0.3) is 0 Å². The molecule has 25 heavy (non-hydrogen) atoms. The predicted molar refractivity (Wildman–Crippen MR) is 96.2 cm³/mol. The molecular formula is C19H24N2O4. The lowest BCUT2D eigenvalue weighted by Gasteiger charge is -2.27. The van der Waals surface area contributed by atoms with Crippen LogP contribution in [-0.2, 0) is 16.0 Å². The number of morpholine rings is 1. The largest absolute Gasteiger partial charge is 0.462 e. The molecule has 0 unspecified atom stereocenters. The Balaban J connectivity index is 1.98. The van der Waals surface area contributed by atoms with Crippen molar-refractivity contribution >= 4 is 16.9 Å². The van der Waals surface area contributed by atoms with Gasteiger partial charge in [-0.25, -0.2) is 4.79 Å². The summed E-state index contributed by atoms with van der Waals surface area (Å²) in [7, 11) is 0. The first-order chi connectivity index (χ1) is 12.1. The molecule has 1 aromatic carbocycles. The maximum atomic E-state index is 12.7. The summed E-state index contributed by atoms with van der Waals surface area (Å²) in [5.41, 5.74) is 1.67. The Kier molecular flexibility index (Phi) is 5.50. The van der Waals surface area contributed by atoms with E-state index in [1.54, 1.807) is 13.1 Å². The molecular weight excluding hydrogens is 320 g/mol. The third-order valence-electron chi connectivity index (χ3n) is 4.49. The van der Waals surface area contributed by atoms with Crippen molar-refractivity contribution in [2.45, 2.75) is 20.4 Å². The summed E-state index contributed by atoms with van der Waals surface area (Å²) in [6, 6.07) is 5.77. The van der Waals surface area contributed by atoms with Crippen LogP contribution >= 0.6 is 0 Å². The number of rotatable bonds is 5. The second-order valence-corrected chi connectivity index (χ2v) is 6.26. The molecule has 0 radical (unpaired) electrons. The van der Waals surface area contributed by atoms with Crippen LogP contribution in [0.25, 0.3) is 10.9 Å².